The van der Waals surface area contributed by atoms with Crippen LogP contribution in [0.25, 0.3) is 0 Å². The number of carbonyl (C=O) groups is 1. The number of nitrogens with one attached hydrogen (secondary N) is 1. The fourth-order valence-electron chi connectivity index (χ4n) is 4.24. The van der Waals surface area contributed by atoms with Gasteiger partial charge in [0, 0.05) is 5.02 Å². The highest BCUT2D eigenvalue weighted by Crippen LogP contribution is 2.35. The van der Waals surface area contributed by atoms with E-state index in [4.69, 9.17) is 16.3 Å². The van der Waals surface area contributed by atoms with Gasteiger partial charge in [-0.2, -0.15) is 0 Å². The zero-order chi connectivity index (χ0) is 24.3. The first-order valence-corrected chi connectivity index (χ1v) is 12.9. The number of sulfonamides is 1. The van der Waals surface area contributed by atoms with Crippen LogP contribution in [0.4, 0.5) is 5.69 Å². The summed E-state index contributed by atoms with van der Waals surface area (Å²) in [4.78, 5) is 13.2. The van der Waals surface area contributed by atoms with Gasteiger partial charge in [-0.1, -0.05) is 48.0 Å². The molecule has 1 aliphatic carbocycles. The number of anilines is 1. The van der Waals surface area contributed by atoms with Crippen LogP contribution in [0, 0.1) is 0 Å². The van der Waals surface area contributed by atoms with E-state index in [-0.39, 0.29) is 16.6 Å². The molecular formula is C26H27ClN2O4S. The smallest absolute Gasteiger partial charge is 0.264 e. The molecule has 1 aliphatic rings. The third kappa shape index (κ3) is 5.05. The topological polar surface area (TPSA) is 75.7 Å². The lowest BCUT2D eigenvalue weighted by Gasteiger charge is -2.26. The molecule has 0 spiro atoms. The van der Waals surface area contributed by atoms with Crippen LogP contribution >= 0.6 is 11.6 Å². The van der Waals surface area contributed by atoms with E-state index in [1.165, 1.54) is 36.4 Å². The summed E-state index contributed by atoms with van der Waals surface area (Å²) in [6.07, 6.45) is 3.28. The Bertz CT molecular complexity index is 1300. The van der Waals surface area contributed by atoms with Gasteiger partial charge in [0.05, 0.1) is 23.7 Å². The van der Waals surface area contributed by atoms with Gasteiger partial charge in [-0.3, -0.25) is 9.10 Å². The molecule has 6 nitrogen and oxygen atoms in total. The molecule has 0 fully saturated rings. The van der Waals surface area contributed by atoms with Gasteiger partial charge in [0.15, 0.2) is 0 Å². The lowest BCUT2D eigenvalue weighted by atomic mass is 10.0. The summed E-state index contributed by atoms with van der Waals surface area (Å²) in [5.74, 6) is -0.141. The summed E-state index contributed by atoms with van der Waals surface area (Å²) in [5, 5.41) is 3.27. The van der Waals surface area contributed by atoms with Crippen molar-refractivity contribution in [3.05, 3.63) is 88.4 Å². The van der Waals surface area contributed by atoms with Crippen molar-refractivity contribution in [2.24, 2.45) is 0 Å². The van der Waals surface area contributed by atoms with E-state index in [1.54, 1.807) is 30.3 Å². The number of halogens is 1. The number of aryl methyl sites for hydroxylation is 2. The van der Waals surface area contributed by atoms with Crippen LogP contribution in [0.5, 0.6) is 5.75 Å². The molecule has 0 bridgehead atoms. The van der Waals surface area contributed by atoms with E-state index in [9.17, 15) is 13.2 Å². The first kappa shape index (κ1) is 24.1. The Morgan fingerprint density at radius 1 is 1.06 bits per heavy atom. The number of benzene rings is 3. The second kappa shape index (κ2) is 10.1. The average Bonchev–Trinajstić information content (AvgIpc) is 3.31. The molecule has 0 saturated carbocycles. The molecule has 34 heavy (non-hydrogen) atoms. The van der Waals surface area contributed by atoms with Crippen LogP contribution in [0.2, 0.25) is 5.02 Å². The second-order valence-electron chi connectivity index (χ2n) is 8.31. The molecule has 0 aliphatic heterocycles. The Labute approximate surface area is 205 Å². The highest BCUT2D eigenvalue weighted by Gasteiger charge is 2.30. The number of ether oxygens (including phenoxy) is 1. The van der Waals surface area contributed by atoms with Gasteiger partial charge < -0.3 is 10.1 Å². The van der Waals surface area contributed by atoms with E-state index >= 15 is 0 Å². The number of hydrogen-bond acceptors (Lipinski definition) is 4. The molecule has 0 radical (unpaired) electrons. The maximum absolute atomic E-state index is 13.6. The lowest BCUT2D eigenvalue weighted by Crippen LogP contribution is -2.41. The molecule has 1 unspecified atom stereocenters. The maximum Gasteiger partial charge on any atom is 0.264 e. The minimum atomic E-state index is -4.07. The van der Waals surface area contributed by atoms with E-state index < -0.39 is 22.5 Å². The summed E-state index contributed by atoms with van der Waals surface area (Å²) >= 11 is 6.18. The highest BCUT2D eigenvalue weighted by atomic mass is 35.5. The molecule has 1 amide bonds. The van der Waals surface area contributed by atoms with Crippen molar-refractivity contribution < 1.29 is 17.9 Å². The summed E-state index contributed by atoms with van der Waals surface area (Å²) in [5.41, 5.74) is 3.86. The van der Waals surface area contributed by atoms with Gasteiger partial charge in [0.1, 0.15) is 12.3 Å². The molecule has 1 atom stereocenters. The van der Waals surface area contributed by atoms with E-state index in [0.29, 0.717) is 10.8 Å². The van der Waals surface area contributed by atoms with E-state index in [1.807, 2.05) is 13.0 Å². The van der Waals surface area contributed by atoms with Crippen LogP contribution < -0.4 is 14.4 Å². The van der Waals surface area contributed by atoms with Gasteiger partial charge in [-0.05, 0) is 73.2 Å². The average molecular weight is 499 g/mol. The quantitative estimate of drug-likeness (QED) is 0.478. The molecule has 1 N–H and O–H groups in total. The maximum atomic E-state index is 13.6. The number of hydrogen-bond donors (Lipinski definition) is 1. The predicted molar refractivity (Wildman–Crippen MR) is 134 cm³/mol. The van der Waals surface area contributed by atoms with Gasteiger partial charge in [-0.15, -0.1) is 0 Å². The lowest BCUT2D eigenvalue weighted by molar-refractivity contribution is -0.120. The van der Waals surface area contributed by atoms with Crippen molar-refractivity contribution in [2.75, 3.05) is 18.0 Å². The van der Waals surface area contributed by atoms with Gasteiger partial charge in [0.2, 0.25) is 5.91 Å². The van der Waals surface area contributed by atoms with Gasteiger partial charge >= 0.3 is 0 Å². The Balaban J connectivity index is 1.63. The summed E-state index contributed by atoms with van der Waals surface area (Å²) in [7, 11) is -2.63. The Hall–Kier alpha value is -3.03. The standard InChI is InChI=1S/C26H27ClN2O4S/c1-18(20-12-11-19-7-6-8-21(19)15-20)28-26(30)17-29(24-16-22(27)13-14-25(24)33-2)34(31,32)23-9-4-3-5-10-23/h3-5,9-16,18H,6-8,17H2,1-2H3,(H,28,30). The van der Waals surface area contributed by atoms with Crippen LogP contribution in [0.15, 0.2) is 71.6 Å². The predicted octanol–water partition coefficient (Wildman–Crippen LogP) is 4.91. The van der Waals surface area contributed by atoms with Crippen molar-refractivity contribution in [1.82, 2.24) is 5.32 Å². The number of amides is 1. The number of methoxy groups -OCH3 is 1. The van der Waals surface area contributed by atoms with Crippen LogP contribution in [0.1, 0.15) is 36.1 Å². The summed E-state index contributed by atoms with van der Waals surface area (Å²) in [6, 6.07) is 18.6. The molecule has 0 heterocycles. The zero-order valence-electron chi connectivity index (χ0n) is 19.1. The van der Waals surface area contributed by atoms with Crippen molar-refractivity contribution in [3.8, 4) is 5.75 Å². The molecule has 3 aromatic rings. The SMILES string of the molecule is COc1ccc(Cl)cc1N(CC(=O)NC(C)c1ccc2c(c1)CCC2)S(=O)(=O)c1ccccc1. The molecule has 178 valence electrons. The Morgan fingerprint density at radius 2 is 1.79 bits per heavy atom. The normalized spacial score (nSPS) is 13.7. The fraction of sp³-hybridized carbons (Fsp3) is 0.269. The number of nitrogens with zero attached hydrogens (tertiary/aromatic N) is 1. The third-order valence-electron chi connectivity index (χ3n) is 6.03. The van der Waals surface area contributed by atoms with E-state index in [0.717, 1.165) is 29.1 Å². The fourth-order valence-corrected chi connectivity index (χ4v) is 5.85. The molecule has 4 rings (SSSR count). The first-order valence-electron chi connectivity index (χ1n) is 11.1. The minimum Gasteiger partial charge on any atom is -0.495 e. The van der Waals surface area contributed by atoms with Crippen LogP contribution in [0.3, 0.4) is 0 Å². The second-order valence-corrected chi connectivity index (χ2v) is 10.6. The highest BCUT2D eigenvalue weighted by molar-refractivity contribution is 7.92. The van der Waals surface area contributed by atoms with Gasteiger partial charge in [-0.25, -0.2) is 8.42 Å². The molecular weight excluding hydrogens is 472 g/mol. The van der Waals surface area contributed by atoms with Crippen LogP contribution in [-0.2, 0) is 27.7 Å². The van der Waals surface area contributed by atoms with Crippen molar-refractivity contribution >= 4 is 33.2 Å². The zero-order valence-corrected chi connectivity index (χ0v) is 20.7. The third-order valence-corrected chi connectivity index (χ3v) is 8.04. The largest absolute Gasteiger partial charge is 0.495 e. The molecule has 0 aromatic heterocycles. The van der Waals surface area contributed by atoms with Crippen molar-refractivity contribution in [3.63, 3.8) is 0 Å². The van der Waals surface area contributed by atoms with Gasteiger partial charge in [0.25, 0.3) is 10.0 Å². The molecule has 0 saturated heterocycles. The number of rotatable bonds is 8. The summed E-state index contributed by atoms with van der Waals surface area (Å²) in [6.45, 7) is 1.47. The Morgan fingerprint density at radius 3 is 2.53 bits per heavy atom. The van der Waals surface area contributed by atoms with Crippen LogP contribution in [-0.4, -0.2) is 28.0 Å². The molecule has 3 aromatic carbocycles. The molecule has 8 heteroatoms. The number of carbonyl (C=O) groups excluding carboxylic acids is 1. The van der Waals surface area contributed by atoms with E-state index in [2.05, 4.69) is 17.4 Å². The minimum absolute atomic E-state index is 0.0662. The monoisotopic (exact) mass is 498 g/mol. The Kier molecular flexibility index (Phi) is 7.14. The summed E-state index contributed by atoms with van der Waals surface area (Å²) < 4.78 is 33.6. The number of fused-ring (bicyclic) bond motifs is 1. The first-order chi connectivity index (χ1) is 16.3. The van der Waals surface area contributed by atoms with Crippen molar-refractivity contribution in [1.29, 1.82) is 0 Å². The van der Waals surface area contributed by atoms with Crippen molar-refractivity contribution in [2.45, 2.75) is 37.1 Å².